The first-order chi connectivity index (χ1) is 13.7. The largest absolute Gasteiger partial charge is 0.464 e. The van der Waals surface area contributed by atoms with Gasteiger partial charge in [0.05, 0.1) is 18.0 Å². The fourth-order valence-corrected chi connectivity index (χ4v) is 3.90. The van der Waals surface area contributed by atoms with E-state index in [9.17, 15) is 0 Å². The summed E-state index contributed by atoms with van der Waals surface area (Å²) < 4.78 is 8.34. The second-order valence-corrected chi connectivity index (χ2v) is 7.75. The van der Waals surface area contributed by atoms with Gasteiger partial charge in [-0.1, -0.05) is 48.5 Å². The third-order valence-corrected chi connectivity index (χ3v) is 5.73. The molecule has 0 amide bonds. The molecule has 0 radical (unpaired) electrons. The zero-order chi connectivity index (χ0) is 19.3. The minimum absolute atomic E-state index is 0.591. The lowest BCUT2D eigenvalue weighted by Gasteiger charge is -2.31. The van der Waals surface area contributed by atoms with Crippen molar-refractivity contribution in [1.82, 2.24) is 14.5 Å². The number of benzene rings is 2. The summed E-state index contributed by atoms with van der Waals surface area (Å²) in [7, 11) is 0. The molecule has 4 rings (SSSR count). The molecule has 0 unspecified atom stereocenters. The number of para-hydroxylation sites is 1. The Kier molecular flexibility index (Phi) is 5.77. The predicted molar refractivity (Wildman–Crippen MR) is 113 cm³/mol. The van der Waals surface area contributed by atoms with Crippen LogP contribution in [0.4, 0.5) is 0 Å². The van der Waals surface area contributed by atoms with Crippen LogP contribution in [0.3, 0.4) is 0 Å². The first-order valence-corrected chi connectivity index (χ1v) is 10.2. The second kappa shape index (κ2) is 8.61. The topological polar surface area (TPSA) is 30.3 Å². The van der Waals surface area contributed by atoms with E-state index in [0.29, 0.717) is 11.9 Å². The zero-order valence-electron chi connectivity index (χ0n) is 16.8. The summed E-state index contributed by atoms with van der Waals surface area (Å²) in [4.78, 5) is 7.22. The highest BCUT2D eigenvalue weighted by molar-refractivity contribution is 5.38. The van der Waals surface area contributed by atoms with Crippen LogP contribution in [0.2, 0.25) is 0 Å². The third kappa shape index (κ3) is 4.28. The van der Waals surface area contributed by atoms with Gasteiger partial charge in [0.1, 0.15) is 0 Å². The Labute approximate surface area is 167 Å². The Morgan fingerprint density at radius 3 is 2.25 bits per heavy atom. The Bertz CT molecular complexity index is 881. The van der Waals surface area contributed by atoms with Gasteiger partial charge in [0.2, 0.25) is 0 Å². The summed E-state index contributed by atoms with van der Waals surface area (Å²) in [6.45, 7) is 8.20. The molecule has 1 aliphatic rings. The number of rotatable bonds is 6. The molecule has 28 heavy (non-hydrogen) atoms. The van der Waals surface area contributed by atoms with Gasteiger partial charge in [0, 0.05) is 12.2 Å². The van der Waals surface area contributed by atoms with E-state index in [1.807, 2.05) is 13.0 Å². The van der Waals surface area contributed by atoms with Crippen molar-refractivity contribution in [2.75, 3.05) is 19.7 Å². The summed E-state index contributed by atoms with van der Waals surface area (Å²) in [6, 6.07) is 21.8. The van der Waals surface area contributed by atoms with Crippen LogP contribution in [0.15, 0.2) is 60.7 Å². The van der Waals surface area contributed by atoms with Crippen molar-refractivity contribution in [3.05, 3.63) is 77.6 Å². The van der Waals surface area contributed by atoms with Crippen LogP contribution < -0.4 is 4.74 Å². The normalized spacial score (nSPS) is 15.6. The summed E-state index contributed by atoms with van der Waals surface area (Å²) in [5, 5.41) is 0. The van der Waals surface area contributed by atoms with Crippen LogP contribution >= 0.6 is 0 Å². The van der Waals surface area contributed by atoms with Crippen molar-refractivity contribution in [3.8, 4) is 11.7 Å². The van der Waals surface area contributed by atoms with Gasteiger partial charge >= 0.3 is 6.01 Å². The molecule has 0 bridgehead atoms. The molecular weight excluding hydrogens is 346 g/mol. The number of imidazole rings is 1. The van der Waals surface area contributed by atoms with E-state index in [4.69, 9.17) is 4.74 Å². The van der Waals surface area contributed by atoms with E-state index in [1.165, 1.54) is 18.4 Å². The molecule has 146 valence electrons. The maximum Gasteiger partial charge on any atom is 0.301 e. The number of aryl methyl sites for hydroxylation is 1. The first kappa shape index (κ1) is 18.8. The monoisotopic (exact) mass is 375 g/mol. The number of ether oxygens (including phenoxy) is 1. The molecule has 4 heteroatoms. The Morgan fingerprint density at radius 2 is 1.57 bits per heavy atom. The minimum Gasteiger partial charge on any atom is -0.464 e. The fraction of sp³-hybridized carbons (Fsp3) is 0.375. The van der Waals surface area contributed by atoms with Gasteiger partial charge in [-0.3, -0.25) is 9.47 Å². The van der Waals surface area contributed by atoms with E-state index >= 15 is 0 Å². The molecule has 0 spiro atoms. The fourth-order valence-electron chi connectivity index (χ4n) is 3.90. The highest BCUT2D eigenvalue weighted by Gasteiger charge is 2.21. The van der Waals surface area contributed by atoms with E-state index in [-0.39, 0.29) is 0 Å². The van der Waals surface area contributed by atoms with Crippen LogP contribution in [-0.4, -0.2) is 34.1 Å². The lowest BCUT2D eigenvalue weighted by Crippen LogP contribution is -2.35. The molecule has 0 atom stereocenters. The van der Waals surface area contributed by atoms with Crippen molar-refractivity contribution < 1.29 is 4.74 Å². The van der Waals surface area contributed by atoms with Crippen molar-refractivity contribution in [3.63, 3.8) is 0 Å². The summed E-state index contributed by atoms with van der Waals surface area (Å²) in [6.07, 6.45) is 2.35. The summed E-state index contributed by atoms with van der Waals surface area (Å²) in [5.41, 5.74) is 4.66. The zero-order valence-corrected chi connectivity index (χ0v) is 16.8. The van der Waals surface area contributed by atoms with Crippen LogP contribution in [-0.2, 0) is 6.54 Å². The van der Waals surface area contributed by atoms with Gasteiger partial charge in [-0.15, -0.1) is 0 Å². The Morgan fingerprint density at radius 1 is 0.929 bits per heavy atom. The standard InChI is InChI=1S/C24H29N3O/c1-19-20(2)27(23-11-7-4-8-12-23)24(25-19)28-18-22-13-15-26(16-14-22)17-21-9-5-3-6-10-21/h3-12,22H,13-18H2,1-2H3. The van der Waals surface area contributed by atoms with E-state index < -0.39 is 0 Å². The molecule has 0 aliphatic carbocycles. The number of piperidine rings is 1. The van der Waals surface area contributed by atoms with E-state index in [1.54, 1.807) is 0 Å². The van der Waals surface area contributed by atoms with Gasteiger partial charge in [-0.05, 0) is 63.4 Å². The molecule has 1 aromatic heterocycles. The molecule has 3 aromatic rings. The van der Waals surface area contributed by atoms with Gasteiger partial charge < -0.3 is 4.74 Å². The predicted octanol–water partition coefficient (Wildman–Crippen LogP) is 4.78. The molecule has 1 aliphatic heterocycles. The van der Waals surface area contributed by atoms with Crippen LogP contribution in [0.5, 0.6) is 6.01 Å². The van der Waals surface area contributed by atoms with Crippen molar-refractivity contribution in [2.45, 2.75) is 33.2 Å². The average Bonchev–Trinajstić information content (AvgIpc) is 3.02. The molecule has 0 N–H and O–H groups in total. The highest BCUT2D eigenvalue weighted by atomic mass is 16.5. The maximum absolute atomic E-state index is 6.22. The van der Waals surface area contributed by atoms with Crippen molar-refractivity contribution >= 4 is 0 Å². The number of nitrogens with zero attached hydrogens (tertiary/aromatic N) is 3. The highest BCUT2D eigenvalue weighted by Crippen LogP contribution is 2.25. The third-order valence-electron chi connectivity index (χ3n) is 5.73. The smallest absolute Gasteiger partial charge is 0.301 e. The second-order valence-electron chi connectivity index (χ2n) is 7.75. The molecule has 1 fully saturated rings. The van der Waals surface area contributed by atoms with Crippen LogP contribution in [0.25, 0.3) is 5.69 Å². The molecule has 2 aromatic carbocycles. The maximum atomic E-state index is 6.22. The van der Waals surface area contributed by atoms with Crippen LogP contribution in [0, 0.1) is 19.8 Å². The first-order valence-electron chi connectivity index (χ1n) is 10.2. The van der Waals surface area contributed by atoms with Gasteiger partial charge in [-0.2, -0.15) is 4.98 Å². The average molecular weight is 376 g/mol. The molecule has 0 saturated carbocycles. The van der Waals surface area contributed by atoms with E-state index in [2.05, 4.69) is 76.0 Å². The quantitative estimate of drug-likeness (QED) is 0.621. The Balaban J connectivity index is 1.34. The van der Waals surface area contributed by atoms with Gasteiger partial charge in [-0.25, -0.2) is 0 Å². The molecule has 1 saturated heterocycles. The van der Waals surface area contributed by atoms with Crippen molar-refractivity contribution in [2.24, 2.45) is 5.92 Å². The number of aromatic nitrogens is 2. The summed E-state index contributed by atoms with van der Waals surface area (Å²) in [5.74, 6) is 0.591. The van der Waals surface area contributed by atoms with Crippen LogP contribution in [0.1, 0.15) is 29.8 Å². The molecule has 4 nitrogen and oxygen atoms in total. The SMILES string of the molecule is Cc1nc(OCC2CCN(Cc3ccccc3)CC2)n(-c2ccccc2)c1C. The number of hydrogen-bond donors (Lipinski definition) is 0. The van der Waals surface area contributed by atoms with Crippen molar-refractivity contribution in [1.29, 1.82) is 0 Å². The number of hydrogen-bond acceptors (Lipinski definition) is 3. The minimum atomic E-state index is 0.591. The van der Waals surface area contributed by atoms with Gasteiger partial charge in [0.25, 0.3) is 0 Å². The lowest BCUT2D eigenvalue weighted by atomic mass is 9.97. The molecule has 2 heterocycles. The Hall–Kier alpha value is -2.59. The lowest BCUT2D eigenvalue weighted by molar-refractivity contribution is 0.131. The molecular formula is C24H29N3O. The summed E-state index contributed by atoms with van der Waals surface area (Å²) >= 11 is 0. The van der Waals surface area contributed by atoms with Gasteiger partial charge in [0.15, 0.2) is 0 Å². The number of likely N-dealkylation sites (tertiary alicyclic amines) is 1. The van der Waals surface area contributed by atoms with E-state index in [0.717, 1.165) is 43.3 Å².